The van der Waals surface area contributed by atoms with E-state index in [2.05, 4.69) is 52.4 Å². The predicted molar refractivity (Wildman–Crippen MR) is 83.1 cm³/mol. The summed E-state index contributed by atoms with van der Waals surface area (Å²) in [5.41, 5.74) is 4.15. The summed E-state index contributed by atoms with van der Waals surface area (Å²) in [7, 11) is 1.89. The van der Waals surface area contributed by atoms with E-state index in [1.165, 1.54) is 0 Å². The Labute approximate surface area is 123 Å². The molecule has 3 rings (SSSR count). The molecule has 0 radical (unpaired) electrons. The molecule has 0 aliphatic carbocycles. The molecule has 0 spiro atoms. The van der Waals surface area contributed by atoms with Gasteiger partial charge in [0.2, 0.25) is 0 Å². The van der Waals surface area contributed by atoms with Crippen molar-refractivity contribution < 1.29 is 0 Å². The molecule has 2 N–H and O–H groups in total. The number of benzene rings is 1. The van der Waals surface area contributed by atoms with Crippen LogP contribution in [-0.2, 0) is 19.0 Å². The largest absolute Gasteiger partial charge is 0.379 e. The topological polar surface area (TPSA) is 71.4 Å². The number of anilines is 1. The van der Waals surface area contributed by atoms with Crippen molar-refractivity contribution in [3.8, 4) is 0 Å². The van der Waals surface area contributed by atoms with Gasteiger partial charge in [-0.05, 0) is 18.2 Å². The van der Waals surface area contributed by atoms with Crippen LogP contribution in [0.5, 0.6) is 0 Å². The van der Waals surface area contributed by atoms with Gasteiger partial charge in [0.05, 0.1) is 29.5 Å². The second-order valence-corrected chi connectivity index (χ2v) is 6.27. The van der Waals surface area contributed by atoms with Crippen LogP contribution in [0.4, 0.5) is 5.69 Å². The van der Waals surface area contributed by atoms with Gasteiger partial charge in [0, 0.05) is 18.2 Å². The minimum Gasteiger partial charge on any atom is -0.379 e. The molecule has 1 aromatic carbocycles. The quantitative estimate of drug-likeness (QED) is 0.775. The van der Waals surface area contributed by atoms with Gasteiger partial charge in [0.25, 0.3) is 0 Å². The van der Waals surface area contributed by atoms with E-state index in [0.717, 1.165) is 28.2 Å². The summed E-state index contributed by atoms with van der Waals surface area (Å²) >= 11 is 0. The summed E-state index contributed by atoms with van der Waals surface area (Å²) in [5.74, 6) is 1.01. The van der Waals surface area contributed by atoms with Crippen molar-refractivity contribution in [1.82, 2.24) is 25.0 Å². The van der Waals surface area contributed by atoms with Crippen LogP contribution < -0.4 is 5.32 Å². The first-order chi connectivity index (χ1) is 9.93. The molecule has 6 nitrogen and oxygen atoms in total. The Morgan fingerprint density at radius 3 is 2.76 bits per heavy atom. The number of hydrogen-bond acceptors (Lipinski definition) is 4. The van der Waals surface area contributed by atoms with E-state index >= 15 is 0 Å². The van der Waals surface area contributed by atoms with Crippen molar-refractivity contribution in [2.75, 3.05) is 5.32 Å². The van der Waals surface area contributed by atoms with E-state index < -0.39 is 0 Å². The third kappa shape index (κ3) is 2.74. The number of imidazole rings is 1. The lowest BCUT2D eigenvalue weighted by Crippen LogP contribution is -2.12. The number of fused-ring (bicyclic) bond motifs is 1. The Morgan fingerprint density at radius 1 is 1.29 bits per heavy atom. The Kier molecular flexibility index (Phi) is 3.16. The first kappa shape index (κ1) is 13.6. The van der Waals surface area contributed by atoms with E-state index in [-0.39, 0.29) is 5.41 Å². The van der Waals surface area contributed by atoms with Crippen molar-refractivity contribution in [2.45, 2.75) is 32.7 Å². The lowest BCUT2D eigenvalue weighted by Gasteiger charge is -2.13. The summed E-state index contributed by atoms with van der Waals surface area (Å²) in [5, 5.41) is 11.2. The highest BCUT2D eigenvalue weighted by Crippen LogP contribution is 2.24. The van der Waals surface area contributed by atoms with E-state index in [0.29, 0.717) is 6.54 Å². The average Bonchev–Trinajstić information content (AvgIpc) is 3.01. The number of aromatic amines is 1. The Hall–Kier alpha value is -2.37. The zero-order valence-corrected chi connectivity index (χ0v) is 12.8. The fourth-order valence-corrected chi connectivity index (χ4v) is 2.14. The summed E-state index contributed by atoms with van der Waals surface area (Å²) < 4.78 is 1.76. The number of aryl methyl sites for hydroxylation is 1. The number of H-pyrrole nitrogens is 1. The third-order valence-electron chi connectivity index (χ3n) is 3.47. The molecule has 0 atom stereocenters. The van der Waals surface area contributed by atoms with Gasteiger partial charge in [0.15, 0.2) is 0 Å². The van der Waals surface area contributed by atoms with Crippen LogP contribution in [-0.4, -0.2) is 25.0 Å². The van der Waals surface area contributed by atoms with Crippen molar-refractivity contribution in [3.63, 3.8) is 0 Å². The molecule has 2 heterocycles. The summed E-state index contributed by atoms with van der Waals surface area (Å²) in [4.78, 5) is 8.04. The van der Waals surface area contributed by atoms with Crippen LogP contribution in [0.15, 0.2) is 24.4 Å². The number of hydrogen-bond donors (Lipinski definition) is 2. The van der Waals surface area contributed by atoms with Gasteiger partial charge >= 0.3 is 0 Å². The lowest BCUT2D eigenvalue weighted by molar-refractivity contribution is 0.554. The second kappa shape index (κ2) is 4.87. The standard InChI is InChI=1S/C15H20N6/c1-15(2,3)14-18-12-6-5-10(7-13(12)19-14)16-8-11-9-17-20-21(11)4/h5-7,9,16H,8H2,1-4H3,(H,18,19). The molecule has 0 saturated carbocycles. The highest BCUT2D eigenvalue weighted by Gasteiger charge is 2.18. The van der Waals surface area contributed by atoms with Gasteiger partial charge in [-0.3, -0.25) is 4.68 Å². The molecule has 0 amide bonds. The molecule has 21 heavy (non-hydrogen) atoms. The molecule has 0 aliphatic heterocycles. The zero-order valence-electron chi connectivity index (χ0n) is 12.8. The fourth-order valence-electron chi connectivity index (χ4n) is 2.14. The van der Waals surface area contributed by atoms with Gasteiger partial charge in [-0.15, -0.1) is 5.10 Å². The minimum absolute atomic E-state index is 0.0208. The number of rotatable bonds is 3. The number of nitrogens with one attached hydrogen (secondary N) is 2. The smallest absolute Gasteiger partial charge is 0.112 e. The maximum absolute atomic E-state index is 4.64. The molecular formula is C15H20N6. The van der Waals surface area contributed by atoms with Crippen molar-refractivity contribution in [2.24, 2.45) is 7.05 Å². The molecule has 0 aliphatic rings. The van der Waals surface area contributed by atoms with Crippen LogP contribution in [0.1, 0.15) is 32.3 Å². The van der Waals surface area contributed by atoms with Crippen LogP contribution in [0, 0.1) is 0 Å². The predicted octanol–water partition coefficient (Wildman–Crippen LogP) is 2.60. The molecule has 0 fully saturated rings. The SMILES string of the molecule is Cn1nncc1CNc1ccc2nc(C(C)(C)C)[nH]c2c1. The summed E-state index contributed by atoms with van der Waals surface area (Å²) in [6, 6.07) is 6.16. The maximum atomic E-state index is 4.64. The summed E-state index contributed by atoms with van der Waals surface area (Å²) in [6.07, 6.45) is 1.76. The zero-order chi connectivity index (χ0) is 15.0. The molecule has 0 saturated heterocycles. The van der Waals surface area contributed by atoms with Crippen LogP contribution in [0.25, 0.3) is 11.0 Å². The molecule has 6 heteroatoms. The monoisotopic (exact) mass is 284 g/mol. The Balaban J connectivity index is 1.82. The average molecular weight is 284 g/mol. The van der Waals surface area contributed by atoms with Gasteiger partial charge in [-0.2, -0.15) is 0 Å². The van der Waals surface area contributed by atoms with E-state index in [4.69, 9.17) is 0 Å². The minimum atomic E-state index is 0.0208. The molecule has 0 bridgehead atoms. The molecule has 2 aromatic heterocycles. The van der Waals surface area contributed by atoms with E-state index in [1.54, 1.807) is 10.9 Å². The fraction of sp³-hybridized carbons (Fsp3) is 0.400. The van der Waals surface area contributed by atoms with Crippen LogP contribution in [0.2, 0.25) is 0 Å². The lowest BCUT2D eigenvalue weighted by atomic mass is 9.96. The number of aromatic nitrogens is 5. The van der Waals surface area contributed by atoms with Gasteiger partial charge in [-0.25, -0.2) is 4.98 Å². The Bertz CT molecular complexity index is 762. The first-order valence-electron chi connectivity index (χ1n) is 7.01. The second-order valence-electron chi connectivity index (χ2n) is 6.27. The molecule has 0 unspecified atom stereocenters. The molecular weight excluding hydrogens is 264 g/mol. The highest BCUT2D eigenvalue weighted by molar-refractivity contribution is 5.79. The normalized spacial score (nSPS) is 12.0. The molecule has 110 valence electrons. The van der Waals surface area contributed by atoms with E-state index in [9.17, 15) is 0 Å². The highest BCUT2D eigenvalue weighted by atomic mass is 15.4. The third-order valence-corrected chi connectivity index (χ3v) is 3.47. The van der Waals surface area contributed by atoms with Crippen molar-refractivity contribution >= 4 is 16.7 Å². The molecule has 3 aromatic rings. The van der Waals surface area contributed by atoms with Crippen LogP contribution in [0.3, 0.4) is 0 Å². The van der Waals surface area contributed by atoms with Crippen molar-refractivity contribution in [1.29, 1.82) is 0 Å². The van der Waals surface area contributed by atoms with E-state index in [1.807, 2.05) is 19.2 Å². The van der Waals surface area contributed by atoms with Gasteiger partial charge < -0.3 is 10.3 Å². The Morgan fingerprint density at radius 2 is 2.10 bits per heavy atom. The first-order valence-corrected chi connectivity index (χ1v) is 7.01. The number of nitrogens with zero attached hydrogens (tertiary/aromatic N) is 4. The summed E-state index contributed by atoms with van der Waals surface area (Å²) in [6.45, 7) is 7.15. The van der Waals surface area contributed by atoms with Gasteiger partial charge in [0.1, 0.15) is 5.82 Å². The van der Waals surface area contributed by atoms with Crippen LogP contribution >= 0.6 is 0 Å². The van der Waals surface area contributed by atoms with Crippen molar-refractivity contribution in [3.05, 3.63) is 35.9 Å². The van der Waals surface area contributed by atoms with Gasteiger partial charge in [-0.1, -0.05) is 26.0 Å². The maximum Gasteiger partial charge on any atom is 0.112 e.